The summed E-state index contributed by atoms with van der Waals surface area (Å²) in [5.41, 5.74) is 0.686. The first-order valence-corrected chi connectivity index (χ1v) is 8.52. The lowest BCUT2D eigenvalue weighted by atomic mass is 9.63. The van der Waals surface area contributed by atoms with Gasteiger partial charge in [-0.15, -0.1) is 0 Å². The highest BCUT2D eigenvalue weighted by Crippen LogP contribution is 2.47. The summed E-state index contributed by atoms with van der Waals surface area (Å²) < 4.78 is 0. The Morgan fingerprint density at radius 1 is 0.889 bits per heavy atom. The van der Waals surface area contributed by atoms with Crippen molar-refractivity contribution in [2.24, 2.45) is 11.3 Å². The molecule has 0 amide bonds. The molecule has 1 heteroatoms. The summed E-state index contributed by atoms with van der Waals surface area (Å²) >= 11 is 0. The van der Waals surface area contributed by atoms with Crippen molar-refractivity contribution < 1.29 is 0 Å². The first-order valence-electron chi connectivity index (χ1n) is 8.52. The number of nitrogens with zero attached hydrogens (tertiary/aromatic N) is 1. The molecule has 0 aromatic carbocycles. The Bertz CT molecular complexity index is 275. The second-order valence-corrected chi connectivity index (χ2v) is 7.51. The van der Waals surface area contributed by atoms with Crippen LogP contribution in [0.2, 0.25) is 0 Å². The lowest BCUT2D eigenvalue weighted by Crippen LogP contribution is -2.51. The average Bonchev–Trinajstić information content (AvgIpc) is 2.55. The van der Waals surface area contributed by atoms with Gasteiger partial charge in [0.2, 0.25) is 0 Å². The molecule has 3 unspecified atom stereocenters. The number of hydrogen-bond donors (Lipinski definition) is 0. The maximum Gasteiger partial charge on any atom is 0.0101 e. The number of fused-ring (bicyclic) bond motifs is 2. The molecule has 2 saturated heterocycles. The van der Waals surface area contributed by atoms with Crippen LogP contribution >= 0.6 is 0 Å². The second-order valence-electron chi connectivity index (χ2n) is 7.51. The predicted octanol–water partition coefficient (Wildman–Crippen LogP) is 4.61. The molecule has 104 valence electrons. The zero-order valence-corrected chi connectivity index (χ0v) is 12.3. The third-order valence-electron chi connectivity index (χ3n) is 6.19. The Hall–Kier alpha value is -0.0400. The molecule has 3 atom stereocenters. The minimum Gasteiger partial charge on any atom is -0.300 e. The summed E-state index contributed by atoms with van der Waals surface area (Å²) in [6.45, 7) is 5.46. The van der Waals surface area contributed by atoms with Crippen LogP contribution in [-0.4, -0.2) is 24.0 Å². The summed E-state index contributed by atoms with van der Waals surface area (Å²) in [4.78, 5) is 2.88. The maximum absolute atomic E-state index is 2.88. The van der Waals surface area contributed by atoms with Gasteiger partial charge in [0.05, 0.1) is 0 Å². The van der Waals surface area contributed by atoms with Crippen LogP contribution in [-0.2, 0) is 0 Å². The smallest absolute Gasteiger partial charge is 0.0101 e. The summed E-state index contributed by atoms with van der Waals surface area (Å²) in [6, 6.07) is 0.938. The van der Waals surface area contributed by atoms with Gasteiger partial charge in [-0.3, -0.25) is 0 Å². The van der Waals surface area contributed by atoms with Crippen LogP contribution in [0.4, 0.5) is 0 Å². The van der Waals surface area contributed by atoms with E-state index in [1.165, 1.54) is 83.7 Å². The molecular weight excluding hydrogens is 218 g/mol. The lowest BCUT2D eigenvalue weighted by molar-refractivity contribution is -0.0121. The van der Waals surface area contributed by atoms with E-state index in [4.69, 9.17) is 0 Å². The lowest BCUT2D eigenvalue weighted by Gasteiger charge is -2.51. The molecule has 2 aliphatic heterocycles. The average molecular weight is 249 g/mol. The van der Waals surface area contributed by atoms with Crippen molar-refractivity contribution in [1.82, 2.24) is 4.90 Å². The van der Waals surface area contributed by atoms with Crippen molar-refractivity contribution in [2.45, 2.75) is 83.6 Å². The third-order valence-corrected chi connectivity index (χ3v) is 6.19. The topological polar surface area (TPSA) is 3.24 Å². The first kappa shape index (κ1) is 13.0. The number of piperidine rings is 1. The molecule has 1 aliphatic carbocycles. The second kappa shape index (κ2) is 5.53. The van der Waals surface area contributed by atoms with Crippen LogP contribution in [0.1, 0.15) is 77.6 Å². The summed E-state index contributed by atoms with van der Waals surface area (Å²) in [6.07, 6.45) is 16.4. The Labute approximate surface area is 113 Å². The van der Waals surface area contributed by atoms with E-state index in [0.29, 0.717) is 5.41 Å². The van der Waals surface area contributed by atoms with Crippen LogP contribution in [0, 0.1) is 11.3 Å². The van der Waals surface area contributed by atoms with Crippen LogP contribution < -0.4 is 0 Å². The monoisotopic (exact) mass is 249 g/mol. The summed E-state index contributed by atoms with van der Waals surface area (Å²) in [5.74, 6) is 1.01. The van der Waals surface area contributed by atoms with Gasteiger partial charge < -0.3 is 4.90 Å². The molecule has 3 fully saturated rings. The van der Waals surface area contributed by atoms with Crippen LogP contribution in [0.3, 0.4) is 0 Å². The molecule has 0 N–H and O–H groups in total. The highest BCUT2D eigenvalue weighted by Gasteiger charge is 2.43. The Kier molecular flexibility index (Phi) is 3.98. The molecule has 0 aromatic rings. The number of rotatable bonds is 0. The van der Waals surface area contributed by atoms with Crippen LogP contribution in [0.25, 0.3) is 0 Å². The van der Waals surface area contributed by atoms with E-state index in [1.54, 1.807) is 0 Å². The Morgan fingerprint density at radius 3 is 2.61 bits per heavy atom. The molecule has 0 spiro atoms. The standard InChI is InChI=1S/C17H31N/c1-17-11-7-3-2-5-9-15(17)14-18-12-8-4-6-10-16(18)13-17/h15-16H,2-14H2,1H3. The fourth-order valence-electron chi connectivity index (χ4n) is 4.94. The minimum absolute atomic E-state index is 0.686. The van der Waals surface area contributed by atoms with Gasteiger partial charge in [-0.2, -0.15) is 0 Å². The molecule has 3 rings (SSSR count). The maximum atomic E-state index is 2.88. The normalized spacial score (nSPS) is 43.2. The van der Waals surface area contributed by atoms with Gasteiger partial charge >= 0.3 is 0 Å². The van der Waals surface area contributed by atoms with E-state index in [-0.39, 0.29) is 0 Å². The molecule has 0 bridgehead atoms. The molecule has 1 nitrogen and oxygen atoms in total. The zero-order chi connectivity index (χ0) is 12.4. The van der Waals surface area contributed by atoms with Crippen molar-refractivity contribution in [3.8, 4) is 0 Å². The zero-order valence-electron chi connectivity index (χ0n) is 12.3. The van der Waals surface area contributed by atoms with Gasteiger partial charge in [-0.1, -0.05) is 45.4 Å². The fourth-order valence-corrected chi connectivity index (χ4v) is 4.94. The molecule has 1 saturated carbocycles. The van der Waals surface area contributed by atoms with E-state index >= 15 is 0 Å². The van der Waals surface area contributed by atoms with E-state index in [0.717, 1.165) is 12.0 Å². The molecule has 18 heavy (non-hydrogen) atoms. The van der Waals surface area contributed by atoms with Crippen molar-refractivity contribution >= 4 is 0 Å². The van der Waals surface area contributed by atoms with Crippen molar-refractivity contribution in [3.63, 3.8) is 0 Å². The van der Waals surface area contributed by atoms with Crippen LogP contribution in [0.15, 0.2) is 0 Å². The fraction of sp³-hybridized carbons (Fsp3) is 1.00. The van der Waals surface area contributed by atoms with Gasteiger partial charge in [0.1, 0.15) is 0 Å². The van der Waals surface area contributed by atoms with Gasteiger partial charge in [0.25, 0.3) is 0 Å². The molecule has 0 radical (unpaired) electrons. The van der Waals surface area contributed by atoms with E-state index in [2.05, 4.69) is 11.8 Å². The molecule has 2 heterocycles. The SMILES string of the molecule is CC12CCCCCCC1CN1CCCCCC1C2. The quantitative estimate of drug-likeness (QED) is 0.606. The molecular formula is C17H31N. The summed E-state index contributed by atoms with van der Waals surface area (Å²) in [5, 5.41) is 0. The van der Waals surface area contributed by atoms with Gasteiger partial charge in [-0.05, 0) is 50.0 Å². The van der Waals surface area contributed by atoms with Crippen LogP contribution in [0.5, 0.6) is 0 Å². The van der Waals surface area contributed by atoms with Gasteiger partial charge in [0, 0.05) is 12.6 Å². The van der Waals surface area contributed by atoms with Crippen molar-refractivity contribution in [2.75, 3.05) is 13.1 Å². The van der Waals surface area contributed by atoms with Crippen molar-refractivity contribution in [1.29, 1.82) is 0 Å². The predicted molar refractivity (Wildman–Crippen MR) is 77.7 cm³/mol. The van der Waals surface area contributed by atoms with Gasteiger partial charge in [-0.25, -0.2) is 0 Å². The largest absolute Gasteiger partial charge is 0.300 e. The van der Waals surface area contributed by atoms with E-state index in [1.807, 2.05) is 0 Å². The third kappa shape index (κ3) is 2.61. The Balaban J connectivity index is 1.74. The summed E-state index contributed by atoms with van der Waals surface area (Å²) in [7, 11) is 0. The highest BCUT2D eigenvalue weighted by molar-refractivity contribution is 4.95. The molecule has 0 aromatic heterocycles. The van der Waals surface area contributed by atoms with E-state index in [9.17, 15) is 0 Å². The molecule has 3 aliphatic rings. The Morgan fingerprint density at radius 2 is 1.67 bits per heavy atom. The van der Waals surface area contributed by atoms with Gasteiger partial charge in [0.15, 0.2) is 0 Å². The van der Waals surface area contributed by atoms with E-state index < -0.39 is 0 Å². The highest BCUT2D eigenvalue weighted by atomic mass is 15.2. The first-order chi connectivity index (χ1) is 8.78. The minimum atomic E-state index is 0.686. The number of hydrogen-bond acceptors (Lipinski definition) is 1. The van der Waals surface area contributed by atoms with Crippen molar-refractivity contribution in [3.05, 3.63) is 0 Å².